The molecule has 0 spiro atoms. The Hall–Kier alpha value is -2.56. The van der Waals surface area contributed by atoms with Crippen LogP contribution in [0.15, 0.2) is 35.9 Å². The zero-order valence-corrected chi connectivity index (χ0v) is 36.1. The summed E-state index contributed by atoms with van der Waals surface area (Å²) in [5.41, 5.74) is 0.827. The van der Waals surface area contributed by atoms with E-state index in [1.54, 1.807) is 21.3 Å². The second kappa shape index (κ2) is 16.7. The molecule has 5 rings (SSSR count). The zero-order chi connectivity index (χ0) is 40.7. The summed E-state index contributed by atoms with van der Waals surface area (Å²) >= 11 is 0. The molecule has 0 saturated carbocycles. The third-order valence-electron chi connectivity index (χ3n) is 12.7. The number of nitrogens with zero attached hydrogens (tertiary/aromatic N) is 1. The summed E-state index contributed by atoms with van der Waals surface area (Å²) in [6.07, 6.45) is -2.85. The zero-order valence-electron chi connectivity index (χ0n) is 35.1. The molecule has 0 unspecified atom stereocenters. The molecule has 0 radical (unpaired) electrons. The van der Waals surface area contributed by atoms with Gasteiger partial charge in [0.05, 0.1) is 57.2 Å². The van der Waals surface area contributed by atoms with Crippen LogP contribution in [0.1, 0.15) is 80.2 Å². The van der Waals surface area contributed by atoms with Gasteiger partial charge in [0.2, 0.25) is 0 Å². The third kappa shape index (κ3) is 8.96. The quantitative estimate of drug-likeness (QED) is 0.160. The predicted octanol–water partition coefficient (Wildman–Crippen LogP) is 6.36. The van der Waals surface area contributed by atoms with Crippen LogP contribution in [0.25, 0.3) is 0 Å². The van der Waals surface area contributed by atoms with E-state index in [9.17, 15) is 14.7 Å². The number of aliphatic hydroxyl groups is 1. The lowest BCUT2D eigenvalue weighted by atomic mass is 9.79. The van der Waals surface area contributed by atoms with Crippen LogP contribution in [0.4, 0.5) is 4.79 Å². The molecular weight excluding hydrogens is 727 g/mol. The van der Waals surface area contributed by atoms with Crippen molar-refractivity contribution in [3.63, 3.8) is 0 Å². The number of rotatable bonds is 10. The molecule has 310 valence electrons. The average molecular weight is 792 g/mol. The minimum Gasteiger partial charge on any atom is -0.497 e. The molecule has 3 saturated heterocycles. The van der Waals surface area contributed by atoms with Gasteiger partial charge in [-0.3, -0.25) is 4.79 Å². The molecule has 14 heteroatoms. The van der Waals surface area contributed by atoms with Crippen LogP contribution in [-0.4, -0.2) is 118 Å². The van der Waals surface area contributed by atoms with Crippen molar-refractivity contribution in [1.29, 1.82) is 0 Å². The Morgan fingerprint density at radius 3 is 2.29 bits per heavy atom. The van der Waals surface area contributed by atoms with E-state index in [1.807, 2.05) is 69.5 Å². The molecule has 55 heavy (non-hydrogen) atoms. The molecular formula is C41H65NO12Si. The lowest BCUT2D eigenvalue weighted by molar-refractivity contribution is -0.349. The predicted molar refractivity (Wildman–Crippen MR) is 207 cm³/mol. The number of cyclic esters (lactones) is 1. The Kier molecular flexibility index (Phi) is 13.2. The van der Waals surface area contributed by atoms with Crippen LogP contribution < -0.4 is 4.74 Å². The van der Waals surface area contributed by atoms with E-state index in [-0.39, 0.29) is 42.1 Å². The van der Waals surface area contributed by atoms with Crippen molar-refractivity contribution >= 4 is 20.3 Å². The Bertz CT molecular complexity index is 1530. The van der Waals surface area contributed by atoms with E-state index < -0.39 is 74.9 Å². The van der Waals surface area contributed by atoms with Crippen LogP contribution in [0, 0.1) is 11.8 Å². The summed E-state index contributed by atoms with van der Waals surface area (Å²) in [6, 6.07) is 7.16. The van der Waals surface area contributed by atoms with Gasteiger partial charge in [0.1, 0.15) is 18.0 Å². The number of amides is 1. The maximum atomic E-state index is 13.7. The van der Waals surface area contributed by atoms with Crippen molar-refractivity contribution in [2.24, 2.45) is 11.8 Å². The highest BCUT2D eigenvalue weighted by Crippen LogP contribution is 2.50. The van der Waals surface area contributed by atoms with Crippen molar-refractivity contribution in [2.45, 2.75) is 160 Å². The monoisotopic (exact) mass is 791 g/mol. The van der Waals surface area contributed by atoms with Gasteiger partial charge in [0.15, 0.2) is 25.9 Å². The van der Waals surface area contributed by atoms with E-state index >= 15 is 0 Å². The van der Waals surface area contributed by atoms with Crippen molar-refractivity contribution in [3.05, 3.63) is 41.5 Å². The van der Waals surface area contributed by atoms with E-state index in [0.717, 1.165) is 16.9 Å². The lowest BCUT2D eigenvalue weighted by Gasteiger charge is -2.54. The topological polar surface area (TPSA) is 141 Å². The van der Waals surface area contributed by atoms with Crippen LogP contribution >= 0.6 is 0 Å². The van der Waals surface area contributed by atoms with Gasteiger partial charge in [-0.2, -0.15) is 0 Å². The van der Waals surface area contributed by atoms with Crippen molar-refractivity contribution in [1.82, 2.24) is 4.57 Å². The first kappa shape index (κ1) is 43.6. The second-order valence-corrected chi connectivity index (χ2v) is 22.8. The smallest absolute Gasteiger partial charge is 0.402 e. The number of ether oxygens (including phenoxy) is 9. The van der Waals surface area contributed by atoms with Gasteiger partial charge in [-0.15, -0.1) is 0 Å². The van der Waals surface area contributed by atoms with Gasteiger partial charge in [-0.05, 0) is 43.5 Å². The van der Waals surface area contributed by atoms with Crippen molar-refractivity contribution < 1.29 is 57.3 Å². The van der Waals surface area contributed by atoms with Gasteiger partial charge in [-0.25, -0.2) is 4.79 Å². The Labute approximate surface area is 328 Å². The van der Waals surface area contributed by atoms with E-state index in [2.05, 4.69) is 33.9 Å². The first-order valence-corrected chi connectivity index (χ1v) is 22.5. The third-order valence-corrected chi connectivity index (χ3v) is 18.0. The highest BCUT2D eigenvalue weighted by atomic mass is 28.3. The molecule has 0 aliphatic carbocycles. The molecule has 1 aromatic rings. The van der Waals surface area contributed by atoms with Gasteiger partial charge in [-0.1, -0.05) is 71.5 Å². The maximum absolute atomic E-state index is 13.7. The fraction of sp³-hybridized carbons (Fsp3) is 0.756. The minimum absolute atomic E-state index is 0.0433. The minimum atomic E-state index is -2.40. The number of carbonyl (C=O) groups is 2. The molecule has 4 heterocycles. The molecule has 1 aromatic carbocycles. The average Bonchev–Trinajstić information content (AvgIpc) is 3.39. The van der Waals surface area contributed by atoms with Crippen LogP contribution in [0.2, 0.25) is 18.1 Å². The Balaban J connectivity index is 1.38. The van der Waals surface area contributed by atoms with Crippen LogP contribution in [0.3, 0.4) is 0 Å². The number of methoxy groups -OCH3 is 3. The molecule has 1 N–H and O–H groups in total. The van der Waals surface area contributed by atoms with Crippen molar-refractivity contribution in [2.75, 3.05) is 27.9 Å². The lowest BCUT2D eigenvalue weighted by Crippen LogP contribution is -2.71. The fourth-order valence-electron chi connectivity index (χ4n) is 8.69. The SMILES string of the molecule is COc1ccc(COC[C@H]2C/C(C)=C/[C@@H](OC)[C@@H](C)[C@@H]3O[C@](O)(CC(=O)O2)C[C@H](O[C@@H]2O[C@@H](C)[C@H]4N([Si](C)(C)C(C)(C)C)C(=O)O[C@@]4(C)[C@H]2OC)[C@H]3C)cc1. The van der Waals surface area contributed by atoms with E-state index in [1.165, 1.54) is 0 Å². The second-order valence-electron chi connectivity index (χ2n) is 17.7. The summed E-state index contributed by atoms with van der Waals surface area (Å²) in [4.78, 5) is 27.4. The summed E-state index contributed by atoms with van der Waals surface area (Å²) in [6.45, 7) is 21.1. The van der Waals surface area contributed by atoms with Gasteiger partial charge >= 0.3 is 12.1 Å². The fourth-order valence-corrected chi connectivity index (χ4v) is 11.1. The summed E-state index contributed by atoms with van der Waals surface area (Å²) in [7, 11) is 2.42. The number of hydrogen-bond acceptors (Lipinski definition) is 12. The molecule has 4 aliphatic rings. The standard InChI is InChI=1S/C41H65NO12Si/c1-24-18-30(23-49-22-28-14-16-29(46-9)17-15-28)51-33(43)21-41(45)20-32(26(3)34(53-41)25(2)31(19-24)47-10)52-37-36(48-11)40(8)35(27(4)50-37)42(38(44)54-40)55(12,13)39(5,6)7/h14-17,19,25-27,30-32,34-37,45H,18,20-23H2,1-13H3/b24-19+/t25-,26-,27+,30-,31-,32+,34+,35-,36+,37+,40-,41+/m1/s1. The number of carbonyl (C=O) groups excluding carboxylic acids is 2. The summed E-state index contributed by atoms with van der Waals surface area (Å²) < 4.78 is 57.4. The van der Waals surface area contributed by atoms with Crippen LogP contribution in [-0.2, 0) is 49.3 Å². The van der Waals surface area contributed by atoms with E-state index in [0.29, 0.717) is 13.0 Å². The van der Waals surface area contributed by atoms with E-state index in [4.69, 9.17) is 42.6 Å². The molecule has 1 amide bonds. The highest BCUT2D eigenvalue weighted by Gasteiger charge is 2.68. The number of hydrogen-bond donors (Lipinski definition) is 1. The van der Waals surface area contributed by atoms with Crippen molar-refractivity contribution in [3.8, 4) is 5.75 Å². The number of esters is 1. The summed E-state index contributed by atoms with van der Waals surface area (Å²) in [5.74, 6) is -2.33. The molecule has 0 aromatic heterocycles. The van der Waals surface area contributed by atoms with Crippen LogP contribution in [0.5, 0.6) is 5.75 Å². The highest BCUT2D eigenvalue weighted by molar-refractivity contribution is 6.79. The summed E-state index contributed by atoms with van der Waals surface area (Å²) in [5, 5.41) is 12.0. The van der Waals surface area contributed by atoms with Gasteiger partial charge in [0.25, 0.3) is 0 Å². The largest absolute Gasteiger partial charge is 0.497 e. The molecule has 12 atom stereocenters. The molecule has 13 nitrogen and oxygen atoms in total. The number of fused-ring (bicyclic) bond motifs is 3. The Morgan fingerprint density at radius 1 is 1.02 bits per heavy atom. The Morgan fingerprint density at radius 2 is 1.69 bits per heavy atom. The molecule has 3 fully saturated rings. The molecule has 2 bridgehead atoms. The first-order chi connectivity index (χ1) is 25.7. The maximum Gasteiger partial charge on any atom is 0.402 e. The first-order valence-electron chi connectivity index (χ1n) is 19.5. The molecule has 4 aliphatic heterocycles. The normalized spacial score (nSPS) is 38.5. The van der Waals surface area contributed by atoms with Gasteiger partial charge in [0, 0.05) is 38.9 Å². The number of benzene rings is 1. The van der Waals surface area contributed by atoms with Gasteiger partial charge < -0.3 is 52.3 Å².